The second-order valence-corrected chi connectivity index (χ2v) is 2.46. The first kappa shape index (κ1) is 7.50. The van der Waals surface area contributed by atoms with Gasteiger partial charge in [-0.25, -0.2) is 0 Å². The molecule has 0 amide bonds. The van der Waals surface area contributed by atoms with Gasteiger partial charge in [0.25, 0.3) is 0 Å². The summed E-state index contributed by atoms with van der Waals surface area (Å²) in [6.45, 7) is 2.90. The summed E-state index contributed by atoms with van der Waals surface area (Å²) in [5, 5.41) is 11.3. The molecule has 0 aromatic rings. The van der Waals surface area contributed by atoms with Crippen molar-refractivity contribution in [3.63, 3.8) is 0 Å². The van der Waals surface area contributed by atoms with Crippen LogP contribution in [0, 0.1) is 0 Å². The van der Waals surface area contributed by atoms with Crippen LogP contribution in [0.4, 0.5) is 0 Å². The van der Waals surface area contributed by atoms with Gasteiger partial charge in [0.2, 0.25) is 0 Å². The van der Waals surface area contributed by atoms with Crippen molar-refractivity contribution in [2.24, 2.45) is 0 Å². The number of nitrogens with one attached hydrogen (secondary N) is 1. The number of hydrogen-bond donors (Lipinski definition) is 2. The van der Waals surface area contributed by atoms with Crippen molar-refractivity contribution in [2.45, 2.75) is 19.0 Å². The number of carbonyl (C=O) groups is 1. The van der Waals surface area contributed by atoms with Gasteiger partial charge >= 0.3 is 5.97 Å². The number of rotatable bonds is 3. The highest BCUT2D eigenvalue weighted by molar-refractivity contribution is 5.72. The molecule has 58 valence electrons. The van der Waals surface area contributed by atoms with E-state index in [1.165, 1.54) is 0 Å². The van der Waals surface area contributed by atoms with Gasteiger partial charge in [-0.05, 0) is 6.92 Å². The van der Waals surface area contributed by atoms with E-state index in [2.05, 4.69) is 5.32 Å². The van der Waals surface area contributed by atoms with Crippen LogP contribution in [-0.4, -0.2) is 36.4 Å². The van der Waals surface area contributed by atoms with Crippen LogP contribution >= 0.6 is 0 Å². The van der Waals surface area contributed by atoms with Crippen LogP contribution in [0.5, 0.6) is 0 Å². The Balaban J connectivity index is 2.16. The quantitative estimate of drug-likeness (QED) is 0.559. The Hall–Kier alpha value is -0.610. The number of aliphatic carboxylic acids is 1. The lowest BCUT2D eigenvalue weighted by Crippen LogP contribution is -2.51. The van der Waals surface area contributed by atoms with Gasteiger partial charge in [-0.3, -0.25) is 10.1 Å². The molecule has 0 radical (unpaired) electrons. The van der Waals surface area contributed by atoms with Gasteiger partial charge in [-0.2, -0.15) is 0 Å². The molecule has 0 spiro atoms. The molecule has 2 N–H and O–H groups in total. The van der Waals surface area contributed by atoms with E-state index in [4.69, 9.17) is 9.84 Å². The van der Waals surface area contributed by atoms with Crippen molar-refractivity contribution in [1.82, 2.24) is 5.32 Å². The Morgan fingerprint density at radius 2 is 2.40 bits per heavy atom. The molecule has 4 nitrogen and oxygen atoms in total. The van der Waals surface area contributed by atoms with E-state index in [1.54, 1.807) is 6.92 Å². The minimum absolute atomic E-state index is 0.242. The molecule has 0 saturated carbocycles. The second kappa shape index (κ2) is 2.98. The second-order valence-electron chi connectivity index (χ2n) is 2.46. The van der Waals surface area contributed by atoms with Crippen molar-refractivity contribution >= 4 is 5.97 Å². The Kier molecular flexibility index (Phi) is 2.24. The topological polar surface area (TPSA) is 58.6 Å². The Labute approximate surface area is 59.2 Å². The van der Waals surface area contributed by atoms with Crippen LogP contribution in [0.25, 0.3) is 0 Å². The Bertz CT molecular complexity index is 133. The Morgan fingerprint density at radius 3 is 2.70 bits per heavy atom. The summed E-state index contributed by atoms with van der Waals surface area (Å²) in [4.78, 5) is 10.3. The minimum atomic E-state index is -0.813. The molecular weight excluding hydrogens is 134 g/mol. The highest BCUT2D eigenvalue weighted by atomic mass is 16.5. The summed E-state index contributed by atoms with van der Waals surface area (Å²) < 4.78 is 4.86. The van der Waals surface area contributed by atoms with Crippen LogP contribution in [0.1, 0.15) is 6.92 Å². The minimum Gasteiger partial charge on any atom is -0.480 e. The average Bonchev–Trinajstić information content (AvgIpc) is 1.77. The van der Waals surface area contributed by atoms with Crippen molar-refractivity contribution in [3.8, 4) is 0 Å². The number of carboxylic acids is 1. The van der Waals surface area contributed by atoms with Crippen molar-refractivity contribution in [3.05, 3.63) is 0 Å². The molecule has 0 bridgehead atoms. The van der Waals surface area contributed by atoms with Gasteiger partial charge in [0, 0.05) is 0 Å². The van der Waals surface area contributed by atoms with Crippen molar-refractivity contribution in [2.75, 3.05) is 13.2 Å². The molecule has 1 rings (SSSR count). The third-order valence-corrected chi connectivity index (χ3v) is 1.49. The van der Waals surface area contributed by atoms with Crippen LogP contribution in [0.2, 0.25) is 0 Å². The lowest BCUT2D eigenvalue weighted by atomic mass is 10.2. The molecule has 1 atom stereocenters. The lowest BCUT2D eigenvalue weighted by molar-refractivity contribution is -0.140. The van der Waals surface area contributed by atoms with Gasteiger partial charge < -0.3 is 9.84 Å². The maximum absolute atomic E-state index is 10.3. The summed E-state index contributed by atoms with van der Waals surface area (Å²) in [5.74, 6) is -0.813. The highest BCUT2D eigenvalue weighted by Gasteiger charge is 2.22. The first-order chi connectivity index (χ1) is 4.70. The van der Waals surface area contributed by atoms with E-state index in [1.807, 2.05) is 0 Å². The molecule has 10 heavy (non-hydrogen) atoms. The SMILES string of the molecule is C[C@@H](NC1COC1)C(=O)O. The number of carboxylic acid groups (broad SMARTS) is 1. The summed E-state index contributed by atoms with van der Waals surface area (Å²) in [6, 6.07) is -0.222. The molecule has 1 aliphatic rings. The molecular formula is C6H11NO3. The van der Waals surface area contributed by atoms with E-state index < -0.39 is 12.0 Å². The molecule has 0 unspecified atom stereocenters. The largest absolute Gasteiger partial charge is 0.480 e. The highest BCUT2D eigenvalue weighted by Crippen LogP contribution is 2.00. The van der Waals surface area contributed by atoms with Crippen LogP contribution in [0.3, 0.4) is 0 Å². The fourth-order valence-electron chi connectivity index (χ4n) is 0.757. The van der Waals surface area contributed by atoms with Gasteiger partial charge in [0.15, 0.2) is 0 Å². The zero-order valence-electron chi connectivity index (χ0n) is 5.83. The van der Waals surface area contributed by atoms with Crippen molar-refractivity contribution < 1.29 is 14.6 Å². The van der Waals surface area contributed by atoms with Gasteiger partial charge in [-0.1, -0.05) is 0 Å². The maximum atomic E-state index is 10.3. The molecule has 1 fully saturated rings. The lowest BCUT2D eigenvalue weighted by Gasteiger charge is -2.28. The van der Waals surface area contributed by atoms with E-state index in [-0.39, 0.29) is 6.04 Å². The molecule has 4 heteroatoms. The number of ether oxygens (including phenoxy) is 1. The van der Waals surface area contributed by atoms with E-state index >= 15 is 0 Å². The molecule has 0 aromatic heterocycles. The molecule has 1 saturated heterocycles. The fraction of sp³-hybridized carbons (Fsp3) is 0.833. The monoisotopic (exact) mass is 145 g/mol. The first-order valence-corrected chi connectivity index (χ1v) is 3.26. The van der Waals surface area contributed by atoms with Gasteiger partial charge in [0.05, 0.1) is 19.3 Å². The average molecular weight is 145 g/mol. The summed E-state index contributed by atoms with van der Waals surface area (Å²) in [7, 11) is 0. The van der Waals surface area contributed by atoms with Crippen molar-refractivity contribution in [1.29, 1.82) is 0 Å². The predicted octanol–water partition coefficient (Wildman–Crippen LogP) is -0.552. The zero-order valence-corrected chi connectivity index (χ0v) is 5.83. The third kappa shape index (κ3) is 1.68. The van der Waals surface area contributed by atoms with Gasteiger partial charge in [0.1, 0.15) is 6.04 Å². The van der Waals surface area contributed by atoms with Crippen LogP contribution in [0.15, 0.2) is 0 Å². The van der Waals surface area contributed by atoms with E-state index in [0.717, 1.165) is 0 Å². The maximum Gasteiger partial charge on any atom is 0.320 e. The predicted molar refractivity (Wildman–Crippen MR) is 34.8 cm³/mol. The standard InChI is InChI=1S/C6H11NO3/c1-4(6(8)9)7-5-2-10-3-5/h4-5,7H,2-3H2,1H3,(H,8,9)/t4-/m1/s1. The first-order valence-electron chi connectivity index (χ1n) is 3.26. The normalized spacial score (nSPS) is 21.7. The third-order valence-electron chi connectivity index (χ3n) is 1.49. The Morgan fingerprint density at radius 1 is 1.80 bits per heavy atom. The smallest absolute Gasteiger partial charge is 0.320 e. The molecule has 1 heterocycles. The van der Waals surface area contributed by atoms with Gasteiger partial charge in [-0.15, -0.1) is 0 Å². The van der Waals surface area contributed by atoms with Crippen LogP contribution in [-0.2, 0) is 9.53 Å². The van der Waals surface area contributed by atoms with Crippen LogP contribution < -0.4 is 5.32 Å². The number of hydrogen-bond acceptors (Lipinski definition) is 3. The fourth-order valence-corrected chi connectivity index (χ4v) is 0.757. The molecule has 0 aromatic carbocycles. The summed E-state index contributed by atoms with van der Waals surface area (Å²) in [5.41, 5.74) is 0. The van der Waals surface area contributed by atoms with E-state index in [0.29, 0.717) is 13.2 Å². The van der Waals surface area contributed by atoms with E-state index in [9.17, 15) is 4.79 Å². The summed E-state index contributed by atoms with van der Waals surface area (Å²) in [6.07, 6.45) is 0. The molecule has 1 aliphatic heterocycles. The summed E-state index contributed by atoms with van der Waals surface area (Å²) >= 11 is 0. The molecule has 0 aliphatic carbocycles. The zero-order chi connectivity index (χ0) is 7.56.